The third kappa shape index (κ3) is 30.4. The lowest BCUT2D eigenvalue weighted by Crippen LogP contribution is -2.34. The molecule has 0 aliphatic carbocycles. The summed E-state index contributed by atoms with van der Waals surface area (Å²) in [6.07, 6.45) is 47.6. The van der Waals surface area contributed by atoms with E-state index in [1.165, 1.54) is 201 Å². The van der Waals surface area contributed by atoms with Gasteiger partial charge in [-0.2, -0.15) is 9.13 Å². The molecule has 62 heavy (non-hydrogen) atoms. The molecule has 0 fully saturated rings. The quantitative estimate of drug-likeness (QED) is 0.0377. The van der Waals surface area contributed by atoms with Crippen LogP contribution in [0.15, 0.2) is 11.0 Å². The summed E-state index contributed by atoms with van der Waals surface area (Å²) < 4.78 is 16.0. The maximum absolute atomic E-state index is 12.3. The molecule has 6 nitrogen and oxygen atoms in total. The normalized spacial score (nSPS) is 11.5. The molecule has 0 spiro atoms. The van der Waals surface area contributed by atoms with Crippen LogP contribution in [-0.2, 0) is 45.0 Å². The van der Waals surface area contributed by atoms with Crippen molar-refractivity contribution in [2.24, 2.45) is 0 Å². The van der Waals surface area contributed by atoms with Crippen molar-refractivity contribution in [2.45, 2.75) is 285 Å². The topological polar surface area (TPSA) is 60.4 Å². The molecule has 0 bridgehead atoms. The molecule has 2 aromatic rings. The molecule has 2 heterocycles. The van der Waals surface area contributed by atoms with Crippen LogP contribution in [0.25, 0.3) is 0 Å². The van der Waals surface area contributed by atoms with Gasteiger partial charge in [0.1, 0.15) is 13.1 Å². The minimum Gasteiger partial charge on any atom is -0.465 e. The molecule has 0 saturated carbocycles. The summed E-state index contributed by atoms with van der Waals surface area (Å²) in [6.45, 7) is 12.1. The van der Waals surface area contributed by atoms with Gasteiger partial charge in [0.2, 0.25) is 11.0 Å². The second kappa shape index (κ2) is 40.7. The standard InChI is InChI=1S/C54H98N2O4S2/c1-5-7-9-11-13-15-17-19-21-23-25-29-33-37-43-55-47-61-51(49(55)3)41-45-59-53(57)39-35-31-27-28-32-36-40-54(58)60-46-42-52-50(4)56(48-62-52)44-38-34-30-26-24-22-20-18-16-14-12-10-8-6-2/h47-48H,5-46H2,1-4H3/q+2. The first-order valence-electron chi connectivity index (χ1n) is 26.7. The van der Waals surface area contributed by atoms with Gasteiger partial charge in [0.15, 0.2) is 11.4 Å². The number of carbonyl (C=O) groups excluding carboxylic acids is 2. The summed E-state index contributed by atoms with van der Waals surface area (Å²) in [5.41, 5.74) is 7.17. The SMILES string of the molecule is CCCCCCCCCCCCCCCC[n+]1csc(CCOC(=O)CCCCCCCCC(=O)OCCc2sc[n+](CCCCCCCCCCCCCCCC)c2C)c1C. The van der Waals surface area contributed by atoms with Crippen LogP contribution in [-0.4, -0.2) is 25.2 Å². The van der Waals surface area contributed by atoms with Gasteiger partial charge in [0.05, 0.1) is 23.0 Å². The van der Waals surface area contributed by atoms with Gasteiger partial charge in [0, 0.05) is 52.4 Å². The smallest absolute Gasteiger partial charge is 0.305 e. The van der Waals surface area contributed by atoms with E-state index < -0.39 is 0 Å². The van der Waals surface area contributed by atoms with E-state index in [1.807, 2.05) is 0 Å². The Kier molecular flexibility index (Phi) is 37.0. The summed E-state index contributed by atoms with van der Waals surface area (Å²) in [5, 5.41) is 0. The average Bonchev–Trinajstić information content (AvgIpc) is 3.80. The number of carbonyl (C=O) groups is 2. The second-order valence-electron chi connectivity index (χ2n) is 18.6. The lowest BCUT2D eigenvalue weighted by Gasteiger charge is -2.05. The van der Waals surface area contributed by atoms with E-state index in [2.05, 4.69) is 47.9 Å². The van der Waals surface area contributed by atoms with Crippen molar-refractivity contribution in [1.82, 2.24) is 0 Å². The summed E-state index contributed by atoms with van der Waals surface area (Å²) in [5.74, 6) is -0.148. The van der Waals surface area contributed by atoms with Crippen molar-refractivity contribution in [3.63, 3.8) is 0 Å². The van der Waals surface area contributed by atoms with E-state index in [1.54, 1.807) is 22.7 Å². The Morgan fingerprint density at radius 2 is 0.661 bits per heavy atom. The van der Waals surface area contributed by atoms with E-state index in [-0.39, 0.29) is 11.9 Å². The predicted molar refractivity (Wildman–Crippen MR) is 265 cm³/mol. The van der Waals surface area contributed by atoms with Gasteiger partial charge in [-0.25, -0.2) is 0 Å². The molecule has 0 saturated heterocycles. The molecule has 2 rings (SSSR count). The number of rotatable bonds is 45. The van der Waals surface area contributed by atoms with E-state index in [9.17, 15) is 9.59 Å². The molecular formula is C54H98N2O4S2+2. The van der Waals surface area contributed by atoms with Crippen LogP contribution in [0.5, 0.6) is 0 Å². The summed E-state index contributed by atoms with van der Waals surface area (Å²) in [6, 6.07) is 0. The van der Waals surface area contributed by atoms with Crippen molar-refractivity contribution >= 4 is 34.6 Å². The number of hydrogen-bond donors (Lipinski definition) is 0. The molecular weight excluding hydrogens is 805 g/mol. The van der Waals surface area contributed by atoms with Crippen LogP contribution in [0.4, 0.5) is 0 Å². The molecule has 2 aromatic heterocycles. The minimum atomic E-state index is -0.0742. The lowest BCUT2D eigenvalue weighted by atomic mass is 10.0. The Morgan fingerprint density at radius 1 is 0.403 bits per heavy atom. The van der Waals surface area contributed by atoms with Crippen molar-refractivity contribution in [3.05, 3.63) is 32.2 Å². The van der Waals surface area contributed by atoms with Crippen LogP contribution >= 0.6 is 22.7 Å². The van der Waals surface area contributed by atoms with Crippen LogP contribution in [0.1, 0.15) is 266 Å². The van der Waals surface area contributed by atoms with Gasteiger partial charge >= 0.3 is 11.9 Å². The molecule has 0 aliphatic rings. The van der Waals surface area contributed by atoms with E-state index >= 15 is 0 Å². The summed E-state index contributed by atoms with van der Waals surface area (Å²) in [7, 11) is 0. The van der Waals surface area contributed by atoms with Crippen LogP contribution < -0.4 is 9.13 Å². The highest BCUT2D eigenvalue weighted by molar-refractivity contribution is 7.09. The Bertz CT molecular complexity index is 1240. The highest BCUT2D eigenvalue weighted by Crippen LogP contribution is 2.18. The molecule has 0 atom stereocenters. The molecule has 0 aliphatic heterocycles. The van der Waals surface area contributed by atoms with E-state index in [4.69, 9.17) is 9.47 Å². The van der Waals surface area contributed by atoms with Crippen molar-refractivity contribution in [1.29, 1.82) is 0 Å². The fraction of sp³-hybridized carbons (Fsp3) is 0.852. The zero-order valence-electron chi connectivity index (χ0n) is 41.2. The number of aromatic nitrogens is 2. The third-order valence-corrected chi connectivity index (χ3v) is 15.3. The fourth-order valence-corrected chi connectivity index (χ4v) is 10.7. The molecule has 0 aromatic carbocycles. The van der Waals surface area contributed by atoms with Crippen LogP contribution in [0, 0.1) is 13.8 Å². The number of nitrogens with zero attached hydrogens (tertiary/aromatic N) is 2. The van der Waals surface area contributed by atoms with Crippen molar-refractivity contribution < 1.29 is 28.2 Å². The molecule has 0 radical (unpaired) electrons. The Labute approximate surface area is 391 Å². The minimum absolute atomic E-state index is 0.0742. The number of thiazole rings is 2. The van der Waals surface area contributed by atoms with Gasteiger partial charge in [-0.05, 0) is 25.7 Å². The zero-order chi connectivity index (χ0) is 44.6. The maximum Gasteiger partial charge on any atom is 0.305 e. The lowest BCUT2D eigenvalue weighted by molar-refractivity contribution is -0.698. The van der Waals surface area contributed by atoms with Crippen LogP contribution in [0.3, 0.4) is 0 Å². The van der Waals surface area contributed by atoms with Gasteiger partial charge < -0.3 is 9.47 Å². The first-order chi connectivity index (χ1) is 30.5. The van der Waals surface area contributed by atoms with E-state index in [0.29, 0.717) is 26.1 Å². The molecule has 0 unspecified atom stereocenters. The van der Waals surface area contributed by atoms with Gasteiger partial charge in [0.25, 0.3) is 0 Å². The number of esters is 2. The van der Waals surface area contributed by atoms with Gasteiger partial charge in [-0.3, -0.25) is 9.59 Å². The van der Waals surface area contributed by atoms with Gasteiger partial charge in [-0.15, -0.1) is 0 Å². The fourth-order valence-electron chi connectivity index (χ4n) is 8.68. The number of aryl methyl sites for hydroxylation is 2. The molecule has 0 N–H and O–H groups in total. The monoisotopic (exact) mass is 903 g/mol. The number of hydrogen-bond acceptors (Lipinski definition) is 6. The first kappa shape index (κ1) is 56.3. The highest BCUT2D eigenvalue weighted by atomic mass is 32.1. The maximum atomic E-state index is 12.3. The zero-order valence-corrected chi connectivity index (χ0v) is 42.8. The van der Waals surface area contributed by atoms with Crippen LogP contribution in [0.2, 0.25) is 0 Å². The third-order valence-electron chi connectivity index (χ3n) is 13.0. The number of ether oxygens (including phenoxy) is 2. The van der Waals surface area contributed by atoms with Crippen molar-refractivity contribution in [2.75, 3.05) is 13.2 Å². The average molecular weight is 904 g/mol. The molecule has 358 valence electrons. The largest absolute Gasteiger partial charge is 0.465 e. The first-order valence-corrected chi connectivity index (χ1v) is 28.5. The molecule has 8 heteroatoms. The van der Waals surface area contributed by atoms with E-state index in [0.717, 1.165) is 64.5 Å². The second-order valence-corrected chi connectivity index (χ2v) is 20.5. The summed E-state index contributed by atoms with van der Waals surface area (Å²) in [4.78, 5) is 27.4. The Morgan fingerprint density at radius 3 is 0.952 bits per heavy atom. The van der Waals surface area contributed by atoms with Crippen molar-refractivity contribution in [3.8, 4) is 0 Å². The number of unbranched alkanes of at least 4 members (excludes halogenated alkanes) is 31. The molecule has 0 amide bonds. The summed E-state index contributed by atoms with van der Waals surface area (Å²) >= 11 is 3.60. The Balaban J connectivity index is 1.36. The Hall–Kier alpha value is -1.80. The van der Waals surface area contributed by atoms with Gasteiger partial charge in [-0.1, -0.05) is 216 Å². The highest BCUT2D eigenvalue weighted by Gasteiger charge is 2.17. The predicted octanol–water partition coefficient (Wildman–Crippen LogP) is 16.0.